The van der Waals surface area contributed by atoms with Crippen molar-refractivity contribution in [3.8, 4) is 0 Å². The van der Waals surface area contributed by atoms with Gasteiger partial charge in [0.05, 0.1) is 6.54 Å². The van der Waals surface area contributed by atoms with E-state index in [4.69, 9.17) is 0 Å². The van der Waals surface area contributed by atoms with Crippen LogP contribution >= 0.6 is 0 Å². The number of rotatable bonds is 6. The van der Waals surface area contributed by atoms with Crippen LogP contribution in [0.15, 0.2) is 46.1 Å². The van der Waals surface area contributed by atoms with E-state index < -0.39 is 29.1 Å². The molecule has 2 rings (SSSR count). The van der Waals surface area contributed by atoms with Gasteiger partial charge in [0.1, 0.15) is 11.9 Å². The predicted octanol–water partition coefficient (Wildman–Crippen LogP) is -0.0813. The van der Waals surface area contributed by atoms with Crippen molar-refractivity contribution >= 4 is 5.97 Å². The highest BCUT2D eigenvalue weighted by Crippen LogP contribution is 2.06. The summed E-state index contributed by atoms with van der Waals surface area (Å²) in [5.41, 5.74) is -0.943. The second-order valence-corrected chi connectivity index (χ2v) is 4.63. The normalized spacial score (nSPS) is 12.0. The van der Waals surface area contributed by atoms with Gasteiger partial charge in [0, 0.05) is 24.4 Å². The van der Waals surface area contributed by atoms with Gasteiger partial charge in [-0.05, 0) is 6.07 Å². The first-order valence-corrected chi connectivity index (χ1v) is 6.47. The first-order chi connectivity index (χ1) is 10.5. The summed E-state index contributed by atoms with van der Waals surface area (Å²) in [5.74, 6) is -1.63. The average Bonchev–Trinajstić information content (AvgIpc) is 2.46. The summed E-state index contributed by atoms with van der Waals surface area (Å²) >= 11 is 0. The third kappa shape index (κ3) is 3.89. The van der Waals surface area contributed by atoms with Crippen LogP contribution in [0, 0.1) is 5.82 Å². The number of aromatic amines is 1. The molecule has 116 valence electrons. The standard InChI is InChI=1S/C14H14FN3O4/c15-10-4-2-1-3-9(10)7-16-11(13(20)21)8-18-6-5-12(19)17-14(18)22/h1-6,11,16H,7-8H2,(H,20,21)(H,17,19,22)/t11-/m0/s1. The van der Waals surface area contributed by atoms with Gasteiger partial charge in [0.2, 0.25) is 0 Å². The molecule has 0 unspecified atom stereocenters. The molecule has 22 heavy (non-hydrogen) atoms. The maximum absolute atomic E-state index is 13.5. The zero-order valence-corrected chi connectivity index (χ0v) is 11.5. The molecule has 3 N–H and O–H groups in total. The van der Waals surface area contributed by atoms with Crippen LogP contribution in [0.5, 0.6) is 0 Å². The molecule has 0 fully saturated rings. The molecule has 1 aromatic heterocycles. The molecule has 8 heteroatoms. The van der Waals surface area contributed by atoms with Gasteiger partial charge in [-0.3, -0.25) is 24.5 Å². The van der Waals surface area contributed by atoms with Crippen molar-refractivity contribution in [1.29, 1.82) is 0 Å². The predicted molar refractivity (Wildman–Crippen MR) is 76.0 cm³/mol. The van der Waals surface area contributed by atoms with Gasteiger partial charge >= 0.3 is 11.7 Å². The zero-order valence-electron chi connectivity index (χ0n) is 11.5. The average molecular weight is 307 g/mol. The molecule has 0 aliphatic carbocycles. The molecule has 7 nitrogen and oxygen atoms in total. The van der Waals surface area contributed by atoms with E-state index in [0.717, 1.165) is 10.6 Å². The van der Waals surface area contributed by atoms with Crippen LogP contribution in [0.25, 0.3) is 0 Å². The minimum absolute atomic E-state index is 0.00173. The number of halogens is 1. The fraction of sp³-hybridized carbons (Fsp3) is 0.214. The second kappa shape index (κ2) is 6.81. The molecular weight excluding hydrogens is 293 g/mol. The van der Waals surface area contributed by atoms with Gasteiger partial charge in [-0.1, -0.05) is 18.2 Å². The van der Waals surface area contributed by atoms with Gasteiger partial charge in [-0.2, -0.15) is 0 Å². The van der Waals surface area contributed by atoms with Crippen molar-refractivity contribution < 1.29 is 14.3 Å². The van der Waals surface area contributed by atoms with E-state index in [2.05, 4.69) is 5.32 Å². The lowest BCUT2D eigenvalue weighted by atomic mass is 10.2. The first kappa shape index (κ1) is 15.6. The van der Waals surface area contributed by atoms with Crippen molar-refractivity contribution in [1.82, 2.24) is 14.9 Å². The molecule has 0 saturated carbocycles. The minimum atomic E-state index is -1.19. The highest BCUT2D eigenvalue weighted by molar-refractivity contribution is 5.73. The Balaban J connectivity index is 2.10. The Bertz CT molecular complexity index is 784. The lowest BCUT2D eigenvalue weighted by Crippen LogP contribution is -2.43. The summed E-state index contributed by atoms with van der Waals surface area (Å²) in [6.45, 7) is -0.193. The molecule has 0 bridgehead atoms. The third-order valence-electron chi connectivity index (χ3n) is 3.07. The Labute approximate surface area is 124 Å². The van der Waals surface area contributed by atoms with Crippen LogP contribution in [0.2, 0.25) is 0 Å². The molecule has 1 heterocycles. The molecule has 0 spiro atoms. The van der Waals surface area contributed by atoms with Gasteiger partial charge in [-0.15, -0.1) is 0 Å². The molecule has 0 aliphatic heterocycles. The molecule has 1 atom stereocenters. The van der Waals surface area contributed by atoms with E-state index in [1.54, 1.807) is 6.07 Å². The summed E-state index contributed by atoms with van der Waals surface area (Å²) in [4.78, 5) is 35.8. The number of carboxylic acid groups (broad SMARTS) is 1. The van der Waals surface area contributed by atoms with E-state index in [0.29, 0.717) is 5.56 Å². The van der Waals surface area contributed by atoms with Crippen LogP contribution in [0.4, 0.5) is 4.39 Å². The number of benzene rings is 1. The van der Waals surface area contributed by atoms with Crippen molar-refractivity contribution in [2.75, 3.05) is 0 Å². The fourth-order valence-corrected chi connectivity index (χ4v) is 1.89. The number of aromatic nitrogens is 2. The van der Waals surface area contributed by atoms with Crippen molar-refractivity contribution in [2.45, 2.75) is 19.1 Å². The number of carboxylic acids is 1. The lowest BCUT2D eigenvalue weighted by molar-refractivity contribution is -0.139. The Morgan fingerprint density at radius 1 is 1.32 bits per heavy atom. The second-order valence-electron chi connectivity index (χ2n) is 4.63. The maximum atomic E-state index is 13.5. The van der Waals surface area contributed by atoms with E-state index >= 15 is 0 Å². The maximum Gasteiger partial charge on any atom is 0.328 e. The highest BCUT2D eigenvalue weighted by atomic mass is 19.1. The topological polar surface area (TPSA) is 104 Å². The number of hydrogen-bond donors (Lipinski definition) is 3. The number of H-pyrrole nitrogens is 1. The Morgan fingerprint density at radius 3 is 2.68 bits per heavy atom. The van der Waals surface area contributed by atoms with E-state index in [9.17, 15) is 23.9 Å². The van der Waals surface area contributed by atoms with Gasteiger partial charge < -0.3 is 5.11 Å². The SMILES string of the molecule is O=C(O)[C@H](Cn1ccc(=O)[nH]c1=O)NCc1ccccc1F. The molecule has 0 aliphatic rings. The monoisotopic (exact) mass is 307 g/mol. The largest absolute Gasteiger partial charge is 0.480 e. The molecule has 0 saturated heterocycles. The van der Waals surface area contributed by atoms with Gasteiger partial charge in [0.25, 0.3) is 5.56 Å². The van der Waals surface area contributed by atoms with Crippen LogP contribution in [0.1, 0.15) is 5.56 Å². The molecule has 0 amide bonds. The number of nitrogens with one attached hydrogen (secondary N) is 2. The fourth-order valence-electron chi connectivity index (χ4n) is 1.89. The quantitative estimate of drug-likeness (QED) is 0.692. The Hall–Kier alpha value is -2.74. The highest BCUT2D eigenvalue weighted by Gasteiger charge is 2.18. The van der Waals surface area contributed by atoms with Crippen LogP contribution in [-0.2, 0) is 17.9 Å². The lowest BCUT2D eigenvalue weighted by Gasteiger charge is -2.15. The summed E-state index contributed by atoms with van der Waals surface area (Å²) in [5, 5.41) is 11.9. The molecule has 0 radical (unpaired) electrons. The van der Waals surface area contributed by atoms with Crippen molar-refractivity contribution in [2.24, 2.45) is 0 Å². The zero-order chi connectivity index (χ0) is 16.1. The van der Waals surface area contributed by atoms with E-state index in [1.807, 2.05) is 4.98 Å². The van der Waals surface area contributed by atoms with Crippen molar-refractivity contribution in [3.63, 3.8) is 0 Å². The summed E-state index contributed by atoms with van der Waals surface area (Å²) in [6, 6.07) is 6.00. The number of nitrogens with zero attached hydrogens (tertiary/aromatic N) is 1. The van der Waals surface area contributed by atoms with Gasteiger partial charge in [-0.25, -0.2) is 9.18 Å². The Morgan fingerprint density at radius 2 is 2.05 bits per heavy atom. The molecule has 1 aromatic carbocycles. The smallest absolute Gasteiger partial charge is 0.328 e. The van der Waals surface area contributed by atoms with Crippen molar-refractivity contribution in [3.05, 3.63) is 68.7 Å². The third-order valence-corrected chi connectivity index (χ3v) is 3.07. The molecular formula is C14H14FN3O4. The number of carbonyl (C=O) groups is 1. The number of aliphatic carboxylic acids is 1. The van der Waals surface area contributed by atoms with Crippen LogP contribution in [-0.4, -0.2) is 26.7 Å². The summed E-state index contributed by atoms with van der Waals surface area (Å²) < 4.78 is 14.6. The van der Waals surface area contributed by atoms with Crippen LogP contribution < -0.4 is 16.6 Å². The number of hydrogen-bond acceptors (Lipinski definition) is 4. The van der Waals surface area contributed by atoms with Crippen LogP contribution in [0.3, 0.4) is 0 Å². The first-order valence-electron chi connectivity index (χ1n) is 6.47. The van der Waals surface area contributed by atoms with Gasteiger partial charge in [0.15, 0.2) is 0 Å². The Kier molecular flexibility index (Phi) is 4.84. The summed E-state index contributed by atoms with van der Waals surface area (Å²) in [6.07, 6.45) is 1.21. The van der Waals surface area contributed by atoms with E-state index in [1.165, 1.54) is 24.4 Å². The molecule has 2 aromatic rings. The van der Waals surface area contributed by atoms with E-state index in [-0.39, 0.29) is 13.1 Å². The minimum Gasteiger partial charge on any atom is -0.480 e. The summed E-state index contributed by atoms with van der Waals surface area (Å²) in [7, 11) is 0.